The molecule has 0 spiro atoms. The van der Waals surface area contributed by atoms with Crippen LogP contribution in [0.4, 0.5) is 11.4 Å². The molecule has 0 atom stereocenters. The minimum absolute atomic E-state index is 0.155. The summed E-state index contributed by atoms with van der Waals surface area (Å²) in [5.74, 6) is -0.651. The molecule has 2 N–H and O–H groups in total. The number of anilines is 2. The van der Waals surface area contributed by atoms with Crippen LogP contribution in [-0.2, 0) is 4.74 Å². The van der Waals surface area contributed by atoms with Crippen molar-refractivity contribution in [2.24, 2.45) is 0 Å². The molecule has 0 unspecified atom stereocenters. The van der Waals surface area contributed by atoms with Crippen LogP contribution in [0.1, 0.15) is 63.7 Å². The Bertz CT molecular complexity index is 1550. The van der Waals surface area contributed by atoms with Gasteiger partial charge < -0.3 is 15.4 Å². The van der Waals surface area contributed by atoms with Crippen molar-refractivity contribution in [3.63, 3.8) is 0 Å². The molecule has 192 valence electrons. The number of benzene rings is 4. The lowest BCUT2D eigenvalue weighted by Gasteiger charge is -2.21. The normalized spacial score (nSPS) is 13.3. The van der Waals surface area contributed by atoms with E-state index in [1.54, 1.807) is 84.9 Å². The molecule has 2 aliphatic rings. The maximum atomic E-state index is 13.1. The Morgan fingerprint density at radius 3 is 1.21 bits per heavy atom. The second-order valence-electron chi connectivity index (χ2n) is 9.33. The molecular weight excluding hydrogens is 492 g/mol. The molecule has 6 rings (SSSR count). The lowest BCUT2D eigenvalue weighted by Crippen LogP contribution is -2.24. The van der Waals surface area contributed by atoms with E-state index in [-0.39, 0.29) is 23.1 Å². The van der Waals surface area contributed by atoms with Crippen molar-refractivity contribution in [1.29, 1.82) is 0 Å². The van der Waals surface area contributed by atoms with Crippen molar-refractivity contribution < 1.29 is 23.9 Å². The van der Waals surface area contributed by atoms with Gasteiger partial charge in [-0.15, -0.1) is 0 Å². The van der Waals surface area contributed by atoms with Gasteiger partial charge in [-0.05, 0) is 12.1 Å². The molecular formula is C32H24N2O5. The van der Waals surface area contributed by atoms with Gasteiger partial charge in [0.2, 0.25) is 0 Å². The second kappa shape index (κ2) is 10.1. The Labute approximate surface area is 224 Å². The molecule has 0 amide bonds. The van der Waals surface area contributed by atoms with Crippen molar-refractivity contribution >= 4 is 34.5 Å². The van der Waals surface area contributed by atoms with E-state index in [2.05, 4.69) is 10.6 Å². The van der Waals surface area contributed by atoms with E-state index in [0.29, 0.717) is 82.2 Å². The quantitative estimate of drug-likeness (QED) is 0.281. The molecule has 7 heteroatoms. The van der Waals surface area contributed by atoms with E-state index in [4.69, 9.17) is 4.74 Å². The van der Waals surface area contributed by atoms with E-state index in [0.717, 1.165) is 0 Å². The Kier molecular flexibility index (Phi) is 6.34. The average molecular weight is 517 g/mol. The Morgan fingerprint density at radius 1 is 0.436 bits per heavy atom. The Morgan fingerprint density at radius 2 is 0.795 bits per heavy atom. The number of nitrogens with one attached hydrogen (secondary N) is 2. The van der Waals surface area contributed by atoms with Crippen molar-refractivity contribution in [1.82, 2.24) is 0 Å². The SMILES string of the molecule is O=C1c2ccccc2C(=O)c2c(NCCOCCNc3cccc4c3C(=O)c3ccccc3C4=O)cccc21. The van der Waals surface area contributed by atoms with Gasteiger partial charge in [-0.1, -0.05) is 72.8 Å². The predicted octanol–water partition coefficient (Wildman–Crippen LogP) is 4.78. The van der Waals surface area contributed by atoms with Gasteiger partial charge in [-0.2, -0.15) is 0 Å². The van der Waals surface area contributed by atoms with Gasteiger partial charge in [0.05, 0.1) is 24.3 Å². The maximum Gasteiger partial charge on any atom is 0.196 e. The summed E-state index contributed by atoms with van der Waals surface area (Å²) < 4.78 is 5.74. The van der Waals surface area contributed by atoms with Crippen LogP contribution in [0, 0.1) is 0 Å². The number of rotatable bonds is 8. The zero-order valence-electron chi connectivity index (χ0n) is 21.0. The summed E-state index contributed by atoms with van der Waals surface area (Å²) in [7, 11) is 0. The zero-order chi connectivity index (χ0) is 26.9. The van der Waals surface area contributed by atoms with Crippen molar-refractivity contribution in [2.75, 3.05) is 36.9 Å². The third kappa shape index (κ3) is 4.23. The number of hydrogen-bond acceptors (Lipinski definition) is 7. The zero-order valence-corrected chi connectivity index (χ0v) is 21.0. The topological polar surface area (TPSA) is 102 Å². The molecule has 2 aliphatic carbocycles. The van der Waals surface area contributed by atoms with E-state index in [1.165, 1.54) is 0 Å². The summed E-state index contributed by atoms with van der Waals surface area (Å²) in [4.78, 5) is 52.1. The predicted molar refractivity (Wildman–Crippen MR) is 147 cm³/mol. The first-order valence-electron chi connectivity index (χ1n) is 12.7. The van der Waals surface area contributed by atoms with Gasteiger partial charge >= 0.3 is 0 Å². The highest BCUT2D eigenvalue weighted by Gasteiger charge is 2.32. The van der Waals surface area contributed by atoms with E-state index in [9.17, 15) is 19.2 Å². The fourth-order valence-electron chi connectivity index (χ4n) is 5.20. The fraction of sp³-hybridized carbons (Fsp3) is 0.125. The molecule has 0 aliphatic heterocycles. The number of fused-ring (bicyclic) bond motifs is 4. The van der Waals surface area contributed by atoms with Gasteiger partial charge in [0.25, 0.3) is 0 Å². The van der Waals surface area contributed by atoms with Crippen LogP contribution in [0.5, 0.6) is 0 Å². The lowest BCUT2D eigenvalue weighted by molar-refractivity contribution is 0.0979. The van der Waals surface area contributed by atoms with Crippen molar-refractivity contribution in [3.8, 4) is 0 Å². The van der Waals surface area contributed by atoms with Crippen LogP contribution < -0.4 is 10.6 Å². The van der Waals surface area contributed by atoms with Gasteiger partial charge in [-0.3, -0.25) is 19.2 Å². The molecule has 0 fully saturated rings. The molecule has 4 aromatic carbocycles. The highest BCUT2D eigenvalue weighted by Crippen LogP contribution is 2.33. The largest absolute Gasteiger partial charge is 0.382 e. The number of carbonyl (C=O) groups is 4. The van der Waals surface area contributed by atoms with Crippen LogP contribution in [-0.4, -0.2) is 49.4 Å². The average Bonchev–Trinajstić information content (AvgIpc) is 2.98. The fourth-order valence-corrected chi connectivity index (χ4v) is 5.20. The van der Waals surface area contributed by atoms with Crippen LogP contribution in [0.25, 0.3) is 0 Å². The number of carbonyl (C=O) groups excluding carboxylic acids is 4. The lowest BCUT2D eigenvalue weighted by atomic mass is 9.83. The Balaban J connectivity index is 1.05. The van der Waals surface area contributed by atoms with Crippen molar-refractivity contribution in [3.05, 3.63) is 129 Å². The molecule has 0 heterocycles. The first-order chi connectivity index (χ1) is 19.1. The first-order valence-corrected chi connectivity index (χ1v) is 12.7. The van der Waals surface area contributed by atoms with Crippen LogP contribution in [0.3, 0.4) is 0 Å². The number of ether oxygens (including phenoxy) is 1. The third-order valence-electron chi connectivity index (χ3n) is 7.03. The molecule has 7 nitrogen and oxygen atoms in total. The van der Waals surface area contributed by atoms with Gasteiger partial charge in [0, 0.05) is 57.8 Å². The molecule has 0 bridgehead atoms. The van der Waals surface area contributed by atoms with E-state index < -0.39 is 0 Å². The molecule has 0 saturated carbocycles. The summed E-state index contributed by atoms with van der Waals surface area (Å²) in [6.07, 6.45) is 0. The summed E-state index contributed by atoms with van der Waals surface area (Å²) in [5, 5.41) is 6.45. The molecule has 0 saturated heterocycles. The highest BCUT2D eigenvalue weighted by molar-refractivity contribution is 6.31. The summed E-state index contributed by atoms with van der Waals surface area (Å²) in [6.45, 7) is 1.59. The smallest absolute Gasteiger partial charge is 0.196 e. The van der Waals surface area contributed by atoms with E-state index >= 15 is 0 Å². The van der Waals surface area contributed by atoms with Gasteiger partial charge in [0.1, 0.15) is 0 Å². The highest BCUT2D eigenvalue weighted by atomic mass is 16.5. The van der Waals surface area contributed by atoms with Crippen LogP contribution in [0.15, 0.2) is 84.9 Å². The molecule has 4 aromatic rings. The van der Waals surface area contributed by atoms with Crippen molar-refractivity contribution in [2.45, 2.75) is 0 Å². The van der Waals surface area contributed by atoms with E-state index in [1.807, 2.05) is 0 Å². The Hall–Kier alpha value is -4.88. The van der Waals surface area contributed by atoms with Gasteiger partial charge in [-0.25, -0.2) is 0 Å². The van der Waals surface area contributed by atoms with Gasteiger partial charge in [0.15, 0.2) is 23.1 Å². The number of hydrogen-bond donors (Lipinski definition) is 2. The second-order valence-corrected chi connectivity index (χ2v) is 9.33. The van der Waals surface area contributed by atoms with Crippen LogP contribution >= 0.6 is 0 Å². The van der Waals surface area contributed by atoms with Crippen LogP contribution in [0.2, 0.25) is 0 Å². The minimum atomic E-state index is -0.171. The molecule has 0 radical (unpaired) electrons. The molecule has 0 aromatic heterocycles. The first kappa shape index (κ1) is 24.5. The maximum absolute atomic E-state index is 13.1. The summed E-state index contributed by atoms with van der Waals surface area (Å²) in [6, 6.07) is 24.2. The standard InChI is InChI=1S/C32H24N2O5/c35-29-19-7-1-3-9-21(19)31(37)27-23(29)11-5-13-25(27)33-15-17-39-18-16-34-26-14-6-12-24-28(26)32(38)22-10-4-2-8-20(22)30(24)36/h1-14,33-34H,15-18H2. The third-order valence-corrected chi connectivity index (χ3v) is 7.03. The molecule has 39 heavy (non-hydrogen) atoms. The summed E-state index contributed by atoms with van der Waals surface area (Å²) >= 11 is 0. The summed E-state index contributed by atoms with van der Waals surface area (Å²) in [5.41, 5.74) is 4.46. The number of ketones is 4. The minimum Gasteiger partial charge on any atom is -0.382 e. The monoisotopic (exact) mass is 516 g/mol.